The van der Waals surface area contributed by atoms with E-state index < -0.39 is 38.5 Å². The van der Waals surface area contributed by atoms with Crippen molar-refractivity contribution in [2.24, 2.45) is 5.73 Å². The van der Waals surface area contributed by atoms with Crippen LogP contribution in [0.4, 0.5) is 17.6 Å². The van der Waals surface area contributed by atoms with Gasteiger partial charge in [0.05, 0.1) is 5.56 Å². The Bertz CT molecular complexity index is 901. The third kappa shape index (κ3) is 3.46. The monoisotopic (exact) mass is 388 g/mol. The molecule has 0 spiro atoms. The summed E-state index contributed by atoms with van der Waals surface area (Å²) < 4.78 is 79.0. The molecule has 2 aromatic carbocycles. The van der Waals surface area contributed by atoms with Crippen LogP contribution in [-0.4, -0.2) is 31.9 Å². The van der Waals surface area contributed by atoms with Crippen molar-refractivity contribution in [1.82, 2.24) is 4.31 Å². The van der Waals surface area contributed by atoms with Crippen LogP contribution in [0, 0.1) is 5.82 Å². The molecular formula is C17H16F4N2O2S. The number of hydrogen-bond donors (Lipinski definition) is 1. The van der Waals surface area contributed by atoms with E-state index in [1.165, 1.54) is 0 Å². The molecule has 3 rings (SSSR count). The van der Waals surface area contributed by atoms with Crippen LogP contribution in [0.15, 0.2) is 53.4 Å². The Kier molecular flexibility index (Phi) is 4.80. The first kappa shape index (κ1) is 18.8. The van der Waals surface area contributed by atoms with Crippen LogP contribution in [0.1, 0.15) is 17.0 Å². The van der Waals surface area contributed by atoms with Gasteiger partial charge in [0.2, 0.25) is 10.0 Å². The quantitative estimate of drug-likeness (QED) is 0.823. The molecule has 0 amide bonds. The molecule has 4 nitrogen and oxygen atoms in total. The Hall–Kier alpha value is -1.97. The van der Waals surface area contributed by atoms with E-state index in [-0.39, 0.29) is 19.0 Å². The summed E-state index contributed by atoms with van der Waals surface area (Å²) in [5, 5.41) is 0. The van der Waals surface area contributed by atoms with Crippen molar-refractivity contribution in [1.29, 1.82) is 0 Å². The second-order valence-corrected chi connectivity index (χ2v) is 8.05. The summed E-state index contributed by atoms with van der Waals surface area (Å²) in [7, 11) is -4.45. The zero-order valence-electron chi connectivity index (χ0n) is 13.4. The van der Waals surface area contributed by atoms with Gasteiger partial charge in [0, 0.05) is 25.0 Å². The lowest BCUT2D eigenvalue weighted by Crippen LogP contribution is -2.32. The maximum atomic E-state index is 14.0. The first-order chi connectivity index (χ1) is 12.1. The lowest BCUT2D eigenvalue weighted by atomic mass is 9.95. The lowest BCUT2D eigenvalue weighted by Gasteiger charge is -2.18. The second kappa shape index (κ2) is 6.64. The lowest BCUT2D eigenvalue weighted by molar-refractivity contribution is -0.137. The standard InChI is InChI=1S/C17H16F4N2O2S/c18-14-7-6-12(17(19,20)21)8-16(14)26(24,25)23-9-13(15(22)10-23)11-4-2-1-3-5-11/h1-8,13,15H,9-10,22H2/t13-,15+/m0/s1. The second-order valence-electron chi connectivity index (χ2n) is 6.15. The molecular weight excluding hydrogens is 372 g/mol. The number of nitrogens with zero attached hydrogens (tertiary/aromatic N) is 1. The average molecular weight is 388 g/mol. The van der Waals surface area contributed by atoms with Crippen LogP contribution in [0.5, 0.6) is 0 Å². The first-order valence-corrected chi connectivity index (χ1v) is 9.22. The first-order valence-electron chi connectivity index (χ1n) is 7.78. The van der Waals surface area contributed by atoms with E-state index in [0.717, 1.165) is 9.87 Å². The number of hydrogen-bond acceptors (Lipinski definition) is 3. The van der Waals surface area contributed by atoms with E-state index in [9.17, 15) is 26.0 Å². The summed E-state index contributed by atoms with van der Waals surface area (Å²) in [5.74, 6) is -1.55. The Morgan fingerprint density at radius 3 is 2.31 bits per heavy atom. The summed E-state index contributed by atoms with van der Waals surface area (Å²) in [4.78, 5) is -0.992. The normalized spacial score (nSPS) is 21.9. The van der Waals surface area contributed by atoms with Gasteiger partial charge in [-0.3, -0.25) is 0 Å². The fourth-order valence-corrected chi connectivity index (χ4v) is 4.65. The number of rotatable bonds is 3. The maximum absolute atomic E-state index is 14.0. The summed E-state index contributed by atoms with van der Waals surface area (Å²) in [6, 6.07) is 9.77. The van der Waals surface area contributed by atoms with Crippen LogP contribution in [0.25, 0.3) is 0 Å². The molecule has 0 aliphatic carbocycles. The smallest absolute Gasteiger partial charge is 0.326 e. The van der Waals surface area contributed by atoms with E-state index in [1.54, 1.807) is 30.3 Å². The zero-order valence-corrected chi connectivity index (χ0v) is 14.3. The van der Waals surface area contributed by atoms with Crippen LogP contribution in [-0.2, 0) is 16.2 Å². The molecule has 9 heteroatoms. The largest absolute Gasteiger partial charge is 0.416 e. The molecule has 1 heterocycles. The van der Waals surface area contributed by atoms with Gasteiger partial charge in [-0.2, -0.15) is 17.5 Å². The van der Waals surface area contributed by atoms with E-state index >= 15 is 0 Å². The summed E-state index contributed by atoms with van der Waals surface area (Å²) in [6.07, 6.45) is -4.77. The van der Waals surface area contributed by atoms with E-state index in [0.29, 0.717) is 18.2 Å². The average Bonchev–Trinajstić information content (AvgIpc) is 2.97. The van der Waals surface area contributed by atoms with Gasteiger partial charge >= 0.3 is 6.18 Å². The topological polar surface area (TPSA) is 63.4 Å². The molecule has 2 aromatic rings. The van der Waals surface area contributed by atoms with Gasteiger partial charge in [-0.05, 0) is 23.8 Å². The summed E-state index contributed by atoms with van der Waals surface area (Å²) >= 11 is 0. The molecule has 1 saturated heterocycles. The van der Waals surface area contributed by atoms with Crippen molar-refractivity contribution in [2.75, 3.05) is 13.1 Å². The molecule has 0 radical (unpaired) electrons. The summed E-state index contributed by atoms with van der Waals surface area (Å²) in [6.45, 7) is -0.124. The van der Waals surface area contributed by atoms with E-state index in [2.05, 4.69) is 0 Å². The molecule has 0 saturated carbocycles. The minimum Gasteiger partial charge on any atom is -0.326 e. The molecule has 0 aromatic heterocycles. The predicted molar refractivity (Wildman–Crippen MR) is 87.3 cm³/mol. The third-order valence-corrected chi connectivity index (χ3v) is 6.28. The van der Waals surface area contributed by atoms with Gasteiger partial charge in [0.1, 0.15) is 10.7 Å². The fraction of sp³-hybridized carbons (Fsp3) is 0.294. The van der Waals surface area contributed by atoms with Crippen molar-refractivity contribution in [3.8, 4) is 0 Å². The van der Waals surface area contributed by atoms with Gasteiger partial charge in [-0.1, -0.05) is 30.3 Å². The molecule has 26 heavy (non-hydrogen) atoms. The van der Waals surface area contributed by atoms with Crippen LogP contribution >= 0.6 is 0 Å². The van der Waals surface area contributed by atoms with Gasteiger partial charge in [-0.15, -0.1) is 0 Å². The summed E-state index contributed by atoms with van der Waals surface area (Å²) in [5.41, 5.74) is 5.63. The molecule has 1 aliphatic rings. The highest BCUT2D eigenvalue weighted by molar-refractivity contribution is 7.89. The maximum Gasteiger partial charge on any atom is 0.416 e. The number of benzene rings is 2. The SMILES string of the molecule is N[C@@H]1CN(S(=O)(=O)c2cc(C(F)(F)F)ccc2F)C[C@H]1c1ccccc1. The van der Waals surface area contributed by atoms with Gasteiger partial charge in [-0.25, -0.2) is 12.8 Å². The fourth-order valence-electron chi connectivity index (χ4n) is 3.06. The Balaban J connectivity index is 1.95. The van der Waals surface area contributed by atoms with Crippen LogP contribution in [0.2, 0.25) is 0 Å². The molecule has 140 valence electrons. The van der Waals surface area contributed by atoms with Crippen molar-refractivity contribution < 1.29 is 26.0 Å². The van der Waals surface area contributed by atoms with Crippen molar-refractivity contribution in [3.05, 3.63) is 65.5 Å². The predicted octanol–water partition coefficient (Wildman–Crippen LogP) is 2.96. The van der Waals surface area contributed by atoms with Gasteiger partial charge in [0.15, 0.2) is 0 Å². The van der Waals surface area contributed by atoms with Gasteiger partial charge < -0.3 is 5.73 Å². The Morgan fingerprint density at radius 1 is 1.04 bits per heavy atom. The Morgan fingerprint density at radius 2 is 1.69 bits per heavy atom. The molecule has 0 unspecified atom stereocenters. The van der Waals surface area contributed by atoms with Crippen LogP contribution < -0.4 is 5.73 Å². The molecule has 1 fully saturated rings. The van der Waals surface area contributed by atoms with Gasteiger partial charge in [0.25, 0.3) is 0 Å². The minimum absolute atomic E-state index is 0.0246. The highest BCUT2D eigenvalue weighted by Gasteiger charge is 2.40. The number of alkyl halides is 3. The van der Waals surface area contributed by atoms with Crippen molar-refractivity contribution >= 4 is 10.0 Å². The minimum atomic E-state index is -4.77. The highest BCUT2D eigenvalue weighted by Crippen LogP contribution is 2.35. The molecule has 1 aliphatic heterocycles. The van der Waals surface area contributed by atoms with E-state index in [4.69, 9.17) is 5.73 Å². The Labute approximate surface area is 148 Å². The molecule has 0 bridgehead atoms. The number of sulfonamides is 1. The number of nitrogens with two attached hydrogens (primary N) is 1. The zero-order chi connectivity index (χ0) is 19.1. The van der Waals surface area contributed by atoms with Crippen molar-refractivity contribution in [3.63, 3.8) is 0 Å². The van der Waals surface area contributed by atoms with Crippen LogP contribution in [0.3, 0.4) is 0 Å². The van der Waals surface area contributed by atoms with E-state index in [1.807, 2.05) is 0 Å². The van der Waals surface area contributed by atoms with Crippen molar-refractivity contribution in [2.45, 2.75) is 23.0 Å². The molecule has 2 atom stereocenters. The molecule has 2 N–H and O–H groups in total. The highest BCUT2D eigenvalue weighted by atomic mass is 32.2. The number of halogens is 4. The third-order valence-electron chi connectivity index (χ3n) is 4.44.